The maximum atomic E-state index is 3.70. The van der Waals surface area contributed by atoms with E-state index in [1.807, 2.05) is 0 Å². The van der Waals surface area contributed by atoms with E-state index in [9.17, 15) is 0 Å². The molecule has 21 heavy (non-hydrogen) atoms. The molecule has 124 valence electrons. The minimum atomic E-state index is 0.565. The standard InChI is InChI=1S/C18H37N3/c1-4-11-19-15-18(9-5-6-10-18)16-21(3)14-17-7-12-20(2)13-8-17/h17,19H,4-16H2,1-3H3. The third-order valence-electron chi connectivity index (χ3n) is 5.60. The molecule has 2 rings (SSSR count). The summed E-state index contributed by atoms with van der Waals surface area (Å²) in [6.45, 7) is 9.88. The Hall–Kier alpha value is -0.120. The molecule has 1 aliphatic heterocycles. The van der Waals surface area contributed by atoms with E-state index in [4.69, 9.17) is 0 Å². The molecular formula is C18H37N3. The third kappa shape index (κ3) is 5.54. The summed E-state index contributed by atoms with van der Waals surface area (Å²) in [4.78, 5) is 5.12. The highest BCUT2D eigenvalue weighted by Crippen LogP contribution is 2.38. The predicted octanol–water partition coefficient (Wildman–Crippen LogP) is 2.82. The molecule has 0 bridgehead atoms. The fraction of sp³-hybridized carbons (Fsp3) is 1.00. The summed E-state index contributed by atoms with van der Waals surface area (Å²) in [6, 6.07) is 0. The van der Waals surface area contributed by atoms with Crippen LogP contribution in [0.25, 0.3) is 0 Å². The molecule has 1 N–H and O–H groups in total. The van der Waals surface area contributed by atoms with Crippen LogP contribution < -0.4 is 5.32 Å². The van der Waals surface area contributed by atoms with Gasteiger partial charge in [0.2, 0.25) is 0 Å². The van der Waals surface area contributed by atoms with Gasteiger partial charge in [-0.2, -0.15) is 0 Å². The zero-order chi connectivity index (χ0) is 15.1. The Morgan fingerprint density at radius 3 is 2.48 bits per heavy atom. The largest absolute Gasteiger partial charge is 0.316 e. The predicted molar refractivity (Wildman–Crippen MR) is 91.8 cm³/mol. The van der Waals surface area contributed by atoms with Gasteiger partial charge in [-0.15, -0.1) is 0 Å². The lowest BCUT2D eigenvalue weighted by Gasteiger charge is -2.37. The molecule has 0 aromatic heterocycles. The van der Waals surface area contributed by atoms with Crippen molar-refractivity contribution in [2.45, 2.75) is 51.9 Å². The quantitative estimate of drug-likeness (QED) is 0.695. The number of hydrogen-bond donors (Lipinski definition) is 1. The van der Waals surface area contributed by atoms with Gasteiger partial charge in [-0.05, 0) is 77.2 Å². The van der Waals surface area contributed by atoms with Crippen molar-refractivity contribution < 1.29 is 0 Å². The second-order valence-electron chi connectivity index (χ2n) is 7.83. The van der Waals surface area contributed by atoms with Crippen molar-refractivity contribution in [3.05, 3.63) is 0 Å². The first-order chi connectivity index (χ1) is 10.1. The van der Waals surface area contributed by atoms with E-state index in [0.717, 1.165) is 5.92 Å². The second-order valence-corrected chi connectivity index (χ2v) is 7.83. The first-order valence-corrected chi connectivity index (χ1v) is 9.21. The number of rotatable bonds is 8. The average Bonchev–Trinajstić information content (AvgIpc) is 2.90. The Kier molecular flexibility index (Phi) is 6.97. The molecule has 2 aliphatic rings. The van der Waals surface area contributed by atoms with E-state index in [1.54, 1.807) is 0 Å². The number of hydrogen-bond acceptors (Lipinski definition) is 3. The summed E-state index contributed by atoms with van der Waals surface area (Å²) in [5.74, 6) is 0.924. The van der Waals surface area contributed by atoms with Crippen molar-refractivity contribution >= 4 is 0 Å². The summed E-state index contributed by atoms with van der Waals surface area (Å²) < 4.78 is 0. The Morgan fingerprint density at radius 1 is 1.19 bits per heavy atom. The molecule has 0 unspecified atom stereocenters. The second kappa shape index (κ2) is 8.50. The molecule has 2 fully saturated rings. The van der Waals surface area contributed by atoms with Crippen LogP contribution >= 0.6 is 0 Å². The molecule has 3 heteroatoms. The van der Waals surface area contributed by atoms with Crippen LogP contribution in [0.2, 0.25) is 0 Å². The lowest BCUT2D eigenvalue weighted by atomic mass is 9.85. The van der Waals surface area contributed by atoms with Crippen molar-refractivity contribution in [2.24, 2.45) is 11.3 Å². The lowest BCUT2D eigenvalue weighted by molar-refractivity contribution is 0.129. The first-order valence-electron chi connectivity index (χ1n) is 9.21. The van der Waals surface area contributed by atoms with Gasteiger partial charge in [0.05, 0.1) is 0 Å². The van der Waals surface area contributed by atoms with Gasteiger partial charge >= 0.3 is 0 Å². The van der Waals surface area contributed by atoms with Crippen molar-refractivity contribution in [3.63, 3.8) is 0 Å². The molecule has 0 atom stereocenters. The van der Waals surface area contributed by atoms with Gasteiger partial charge < -0.3 is 15.1 Å². The zero-order valence-electron chi connectivity index (χ0n) is 14.7. The van der Waals surface area contributed by atoms with Crippen LogP contribution in [0.5, 0.6) is 0 Å². The van der Waals surface area contributed by atoms with Gasteiger partial charge in [0, 0.05) is 19.6 Å². The number of nitrogens with one attached hydrogen (secondary N) is 1. The normalized spacial score (nSPS) is 24.0. The number of piperidine rings is 1. The van der Waals surface area contributed by atoms with E-state index in [-0.39, 0.29) is 0 Å². The molecule has 1 saturated carbocycles. The molecule has 0 aromatic carbocycles. The van der Waals surface area contributed by atoms with Gasteiger partial charge in [0.15, 0.2) is 0 Å². The van der Waals surface area contributed by atoms with Crippen LogP contribution in [0.1, 0.15) is 51.9 Å². The van der Waals surface area contributed by atoms with Gasteiger partial charge in [-0.25, -0.2) is 0 Å². The maximum Gasteiger partial charge on any atom is 0.00472 e. The monoisotopic (exact) mass is 295 g/mol. The smallest absolute Gasteiger partial charge is 0.00472 e. The Bertz CT molecular complexity index is 278. The molecule has 0 radical (unpaired) electrons. The SMILES string of the molecule is CCCNCC1(CN(C)CC2CCN(C)CC2)CCCC1. The minimum absolute atomic E-state index is 0.565. The minimum Gasteiger partial charge on any atom is -0.316 e. The molecule has 1 heterocycles. The summed E-state index contributed by atoms with van der Waals surface area (Å²) in [6.07, 6.45) is 9.78. The van der Waals surface area contributed by atoms with Gasteiger partial charge in [-0.1, -0.05) is 19.8 Å². The highest BCUT2D eigenvalue weighted by Gasteiger charge is 2.34. The van der Waals surface area contributed by atoms with Crippen LogP contribution in [0.3, 0.4) is 0 Å². The molecule has 1 aliphatic carbocycles. The summed E-state index contributed by atoms with van der Waals surface area (Å²) in [7, 11) is 4.62. The molecule has 0 spiro atoms. The molecule has 1 saturated heterocycles. The number of likely N-dealkylation sites (tertiary alicyclic amines) is 1. The van der Waals surface area contributed by atoms with E-state index < -0.39 is 0 Å². The van der Waals surface area contributed by atoms with E-state index >= 15 is 0 Å². The van der Waals surface area contributed by atoms with Crippen LogP contribution in [0.4, 0.5) is 0 Å². The Morgan fingerprint density at radius 2 is 1.86 bits per heavy atom. The summed E-state index contributed by atoms with van der Waals surface area (Å²) >= 11 is 0. The summed E-state index contributed by atoms with van der Waals surface area (Å²) in [5, 5.41) is 3.70. The van der Waals surface area contributed by atoms with E-state index in [2.05, 4.69) is 36.1 Å². The van der Waals surface area contributed by atoms with E-state index in [1.165, 1.54) is 84.2 Å². The van der Waals surface area contributed by atoms with Crippen LogP contribution in [-0.4, -0.2) is 63.2 Å². The molecule has 0 aromatic rings. The number of nitrogens with zero attached hydrogens (tertiary/aromatic N) is 2. The maximum absolute atomic E-state index is 3.70. The third-order valence-corrected chi connectivity index (χ3v) is 5.60. The summed E-state index contributed by atoms with van der Waals surface area (Å²) in [5.41, 5.74) is 0.565. The highest BCUT2D eigenvalue weighted by molar-refractivity contribution is 4.89. The Balaban J connectivity index is 1.76. The fourth-order valence-electron chi connectivity index (χ4n) is 4.37. The van der Waals surface area contributed by atoms with Gasteiger partial charge in [0.1, 0.15) is 0 Å². The van der Waals surface area contributed by atoms with Crippen LogP contribution in [0, 0.1) is 11.3 Å². The Labute approximate surface area is 132 Å². The zero-order valence-corrected chi connectivity index (χ0v) is 14.7. The van der Waals surface area contributed by atoms with Gasteiger partial charge in [-0.3, -0.25) is 0 Å². The first kappa shape index (κ1) is 17.2. The average molecular weight is 296 g/mol. The highest BCUT2D eigenvalue weighted by atomic mass is 15.1. The lowest BCUT2D eigenvalue weighted by Crippen LogP contribution is -2.44. The van der Waals surface area contributed by atoms with Crippen molar-refractivity contribution in [2.75, 3.05) is 53.4 Å². The van der Waals surface area contributed by atoms with Crippen molar-refractivity contribution in [3.8, 4) is 0 Å². The van der Waals surface area contributed by atoms with Crippen molar-refractivity contribution in [1.29, 1.82) is 0 Å². The molecule has 3 nitrogen and oxygen atoms in total. The topological polar surface area (TPSA) is 18.5 Å². The molecule has 0 amide bonds. The van der Waals surface area contributed by atoms with Crippen LogP contribution in [0.15, 0.2) is 0 Å². The molecular weight excluding hydrogens is 258 g/mol. The van der Waals surface area contributed by atoms with Crippen molar-refractivity contribution in [1.82, 2.24) is 15.1 Å². The van der Waals surface area contributed by atoms with Gasteiger partial charge in [0.25, 0.3) is 0 Å². The fourth-order valence-corrected chi connectivity index (χ4v) is 4.37. The van der Waals surface area contributed by atoms with Crippen LogP contribution in [-0.2, 0) is 0 Å². The van der Waals surface area contributed by atoms with E-state index in [0.29, 0.717) is 5.41 Å².